The summed E-state index contributed by atoms with van der Waals surface area (Å²) >= 11 is 3.15. The Morgan fingerprint density at radius 1 is 0.935 bits per heavy atom. The molecule has 31 heavy (non-hydrogen) atoms. The van der Waals surface area contributed by atoms with E-state index >= 15 is 0 Å². The van der Waals surface area contributed by atoms with Crippen LogP contribution in [0, 0.1) is 0 Å². The van der Waals surface area contributed by atoms with Crippen LogP contribution in [0.4, 0.5) is 11.4 Å². The number of thiophene rings is 1. The van der Waals surface area contributed by atoms with Gasteiger partial charge in [0.15, 0.2) is 0 Å². The van der Waals surface area contributed by atoms with Crippen LogP contribution in [0.25, 0.3) is 10.6 Å². The van der Waals surface area contributed by atoms with Crippen LogP contribution >= 0.6 is 22.7 Å². The molecule has 2 N–H and O–H groups in total. The quantitative estimate of drug-likeness (QED) is 0.400. The van der Waals surface area contributed by atoms with Crippen molar-refractivity contribution in [1.82, 2.24) is 4.98 Å². The Morgan fingerprint density at radius 3 is 2.32 bits per heavy atom. The van der Waals surface area contributed by atoms with Crippen molar-refractivity contribution >= 4 is 45.9 Å². The van der Waals surface area contributed by atoms with Crippen LogP contribution in [0.5, 0.6) is 5.75 Å². The molecule has 8 heteroatoms. The predicted octanol–water partition coefficient (Wildman–Crippen LogP) is 5.31. The topological polar surface area (TPSA) is 80.3 Å². The largest absolute Gasteiger partial charge is 0.497 e. The molecule has 4 rings (SSSR count). The average molecular weight is 450 g/mol. The number of ether oxygens (including phenoxy) is 1. The highest BCUT2D eigenvalue weighted by molar-refractivity contribution is 7.14. The van der Waals surface area contributed by atoms with Gasteiger partial charge in [0.2, 0.25) is 5.91 Å². The van der Waals surface area contributed by atoms with Gasteiger partial charge in [-0.2, -0.15) is 11.3 Å². The summed E-state index contributed by atoms with van der Waals surface area (Å²) in [5, 5.41) is 12.5. The molecular weight excluding hydrogens is 430 g/mol. The van der Waals surface area contributed by atoms with Crippen molar-refractivity contribution in [3.8, 4) is 16.3 Å². The maximum Gasteiger partial charge on any atom is 0.255 e. The van der Waals surface area contributed by atoms with Crippen molar-refractivity contribution in [2.24, 2.45) is 0 Å². The van der Waals surface area contributed by atoms with Crippen LogP contribution in [0.3, 0.4) is 0 Å². The molecule has 0 atom stereocenters. The Balaban J connectivity index is 1.32. The molecule has 2 amide bonds. The number of anilines is 2. The number of hydrogen-bond acceptors (Lipinski definition) is 6. The van der Waals surface area contributed by atoms with Gasteiger partial charge in [0.05, 0.1) is 19.2 Å². The molecule has 0 aliphatic heterocycles. The first-order chi connectivity index (χ1) is 15.1. The third-order valence-electron chi connectivity index (χ3n) is 4.44. The van der Waals surface area contributed by atoms with E-state index in [1.807, 2.05) is 22.2 Å². The van der Waals surface area contributed by atoms with Crippen molar-refractivity contribution in [3.63, 3.8) is 0 Å². The zero-order chi connectivity index (χ0) is 21.6. The minimum absolute atomic E-state index is 0.155. The zero-order valence-electron chi connectivity index (χ0n) is 16.6. The molecule has 0 aliphatic rings. The minimum atomic E-state index is -0.230. The minimum Gasteiger partial charge on any atom is -0.497 e. The van der Waals surface area contributed by atoms with Gasteiger partial charge in [0.1, 0.15) is 10.8 Å². The lowest BCUT2D eigenvalue weighted by Gasteiger charge is -2.08. The van der Waals surface area contributed by atoms with E-state index in [0.29, 0.717) is 16.9 Å². The highest BCUT2D eigenvalue weighted by Crippen LogP contribution is 2.26. The van der Waals surface area contributed by atoms with Gasteiger partial charge >= 0.3 is 0 Å². The molecule has 2 heterocycles. The number of carbonyl (C=O) groups excluding carboxylic acids is 2. The molecule has 0 saturated heterocycles. The normalized spacial score (nSPS) is 10.5. The lowest BCUT2D eigenvalue weighted by molar-refractivity contribution is -0.115. The van der Waals surface area contributed by atoms with Crippen LogP contribution in [-0.4, -0.2) is 23.9 Å². The third kappa shape index (κ3) is 5.36. The zero-order valence-corrected chi connectivity index (χ0v) is 18.3. The molecule has 2 aromatic heterocycles. The summed E-state index contributed by atoms with van der Waals surface area (Å²) in [7, 11) is 1.59. The molecule has 0 unspecified atom stereocenters. The van der Waals surface area contributed by atoms with E-state index in [4.69, 9.17) is 4.74 Å². The van der Waals surface area contributed by atoms with Gasteiger partial charge in [-0.25, -0.2) is 4.98 Å². The van der Waals surface area contributed by atoms with Crippen LogP contribution in [0.2, 0.25) is 0 Å². The lowest BCUT2D eigenvalue weighted by atomic mass is 10.2. The fraction of sp³-hybridized carbons (Fsp3) is 0.0870. The highest BCUT2D eigenvalue weighted by Gasteiger charge is 2.11. The number of amides is 2. The van der Waals surface area contributed by atoms with Crippen LogP contribution < -0.4 is 15.4 Å². The molecule has 0 radical (unpaired) electrons. The van der Waals surface area contributed by atoms with Gasteiger partial charge in [-0.15, -0.1) is 11.3 Å². The Kier molecular flexibility index (Phi) is 6.40. The highest BCUT2D eigenvalue weighted by atomic mass is 32.1. The molecule has 0 fully saturated rings. The number of benzene rings is 2. The number of thiazole rings is 1. The predicted molar refractivity (Wildman–Crippen MR) is 125 cm³/mol. The maximum absolute atomic E-state index is 12.4. The van der Waals surface area contributed by atoms with E-state index in [0.717, 1.165) is 22.0 Å². The van der Waals surface area contributed by atoms with Gasteiger partial charge in [-0.1, -0.05) is 0 Å². The summed E-state index contributed by atoms with van der Waals surface area (Å²) in [6.07, 6.45) is 0.195. The SMILES string of the molecule is COc1ccc(NC(=O)c2ccc(NC(=O)Cc3csc(-c4ccsc4)n3)cc2)cc1. The summed E-state index contributed by atoms with van der Waals surface area (Å²) in [6.45, 7) is 0. The Morgan fingerprint density at radius 2 is 1.65 bits per heavy atom. The second-order valence-electron chi connectivity index (χ2n) is 6.64. The molecular formula is C23H19N3O3S2. The molecule has 4 aromatic rings. The van der Waals surface area contributed by atoms with Crippen molar-refractivity contribution < 1.29 is 14.3 Å². The molecule has 2 aromatic carbocycles. The van der Waals surface area contributed by atoms with E-state index in [1.165, 1.54) is 11.3 Å². The van der Waals surface area contributed by atoms with Gasteiger partial charge in [-0.05, 0) is 60.0 Å². The lowest BCUT2D eigenvalue weighted by Crippen LogP contribution is -2.15. The maximum atomic E-state index is 12.4. The third-order valence-corrected chi connectivity index (χ3v) is 6.06. The second kappa shape index (κ2) is 9.55. The van der Waals surface area contributed by atoms with Gasteiger partial charge in [-0.3, -0.25) is 9.59 Å². The van der Waals surface area contributed by atoms with Crippen molar-refractivity contribution in [1.29, 1.82) is 0 Å². The summed E-state index contributed by atoms with van der Waals surface area (Å²) in [6, 6.07) is 15.9. The fourth-order valence-electron chi connectivity index (χ4n) is 2.86. The summed E-state index contributed by atoms with van der Waals surface area (Å²) < 4.78 is 5.11. The number of aromatic nitrogens is 1. The Hall–Kier alpha value is -3.49. The molecule has 156 valence electrons. The van der Waals surface area contributed by atoms with Crippen molar-refractivity contribution in [2.75, 3.05) is 17.7 Å². The second-order valence-corrected chi connectivity index (χ2v) is 8.28. The van der Waals surface area contributed by atoms with Crippen molar-refractivity contribution in [3.05, 3.63) is 82.0 Å². The molecule has 6 nitrogen and oxygen atoms in total. The number of nitrogens with zero attached hydrogens (tertiary/aromatic N) is 1. The van der Waals surface area contributed by atoms with Crippen molar-refractivity contribution in [2.45, 2.75) is 6.42 Å². The van der Waals surface area contributed by atoms with E-state index in [2.05, 4.69) is 15.6 Å². The average Bonchev–Trinajstić information content (AvgIpc) is 3.47. The van der Waals surface area contributed by atoms with Crippen LogP contribution in [0.1, 0.15) is 16.1 Å². The number of nitrogens with one attached hydrogen (secondary N) is 2. The number of hydrogen-bond donors (Lipinski definition) is 2. The first kappa shape index (κ1) is 20.8. The number of methoxy groups -OCH3 is 1. The van der Waals surface area contributed by atoms with Crippen LogP contribution in [0.15, 0.2) is 70.7 Å². The van der Waals surface area contributed by atoms with Gasteiger partial charge in [0, 0.05) is 33.3 Å². The van der Waals surface area contributed by atoms with Gasteiger partial charge in [0.25, 0.3) is 5.91 Å². The van der Waals surface area contributed by atoms with E-state index < -0.39 is 0 Å². The smallest absolute Gasteiger partial charge is 0.255 e. The molecule has 0 aliphatic carbocycles. The van der Waals surface area contributed by atoms with E-state index in [1.54, 1.807) is 67.0 Å². The summed E-state index contributed by atoms with van der Waals surface area (Å²) in [5.74, 6) is 0.336. The van der Waals surface area contributed by atoms with E-state index in [-0.39, 0.29) is 18.2 Å². The standard InChI is InChI=1S/C23H19N3O3S2/c1-29-20-8-6-18(7-9-20)25-22(28)15-2-4-17(5-3-15)24-21(27)12-19-14-31-23(26-19)16-10-11-30-13-16/h2-11,13-14H,12H2,1H3,(H,24,27)(H,25,28). The van der Waals surface area contributed by atoms with Crippen LogP contribution in [-0.2, 0) is 11.2 Å². The molecule has 0 spiro atoms. The summed E-state index contributed by atoms with van der Waals surface area (Å²) in [5.41, 5.74) is 3.60. The monoisotopic (exact) mass is 449 g/mol. The molecule has 0 saturated carbocycles. The first-order valence-corrected chi connectivity index (χ1v) is 11.3. The Labute approximate surface area is 187 Å². The Bertz CT molecular complexity index is 1170. The number of rotatable bonds is 7. The number of carbonyl (C=O) groups is 2. The summed E-state index contributed by atoms with van der Waals surface area (Å²) in [4.78, 5) is 29.3. The van der Waals surface area contributed by atoms with E-state index in [9.17, 15) is 9.59 Å². The molecule has 0 bridgehead atoms. The first-order valence-electron chi connectivity index (χ1n) is 9.43. The fourth-order valence-corrected chi connectivity index (χ4v) is 4.39. The van der Waals surface area contributed by atoms with Gasteiger partial charge < -0.3 is 15.4 Å².